The van der Waals surface area contributed by atoms with Gasteiger partial charge in [0, 0.05) is 86.5 Å². The molecule has 2 aromatic carbocycles. The summed E-state index contributed by atoms with van der Waals surface area (Å²) in [6.07, 6.45) is 25.6. The summed E-state index contributed by atoms with van der Waals surface area (Å²) < 4.78 is 9.31. The number of likely N-dealkylation sites (tertiary alicyclic amines) is 2. The molecule has 4 fully saturated rings. The first-order valence-corrected chi connectivity index (χ1v) is 21.4. The van der Waals surface area contributed by atoms with Gasteiger partial charge >= 0.3 is 0 Å². The van der Waals surface area contributed by atoms with E-state index in [2.05, 4.69) is 105 Å². The lowest BCUT2D eigenvalue weighted by Gasteiger charge is -2.38. The van der Waals surface area contributed by atoms with Crippen LogP contribution in [0.5, 0.6) is 0 Å². The summed E-state index contributed by atoms with van der Waals surface area (Å²) in [5, 5.41) is 0. The van der Waals surface area contributed by atoms with Crippen LogP contribution in [0.3, 0.4) is 0 Å². The van der Waals surface area contributed by atoms with Gasteiger partial charge < -0.3 is 13.5 Å². The smallest absolute Gasteiger partial charge is 0.136 e. The van der Waals surface area contributed by atoms with Crippen molar-refractivity contribution < 1.29 is 0 Å². The lowest BCUT2D eigenvalue weighted by molar-refractivity contribution is 0.108. The zero-order valence-electron chi connectivity index (χ0n) is 31.9. The molecule has 0 radical (unpaired) electrons. The van der Waals surface area contributed by atoms with Crippen molar-refractivity contribution in [3.63, 3.8) is 0 Å². The van der Waals surface area contributed by atoms with Gasteiger partial charge in [-0.2, -0.15) is 0 Å². The van der Waals surface area contributed by atoms with Crippen LogP contribution in [0.25, 0.3) is 50.6 Å². The van der Waals surface area contributed by atoms with E-state index in [-0.39, 0.29) is 0 Å². The summed E-state index contributed by atoms with van der Waals surface area (Å²) in [6.45, 7) is 4.65. The minimum atomic E-state index is 0.609. The third kappa shape index (κ3) is 4.87. The Kier molecular flexibility index (Phi) is 7.00. The fourth-order valence-corrected chi connectivity index (χ4v) is 11.5. The number of hydrogen-bond donors (Lipinski definition) is 0. The predicted molar refractivity (Wildman–Crippen MR) is 219 cm³/mol. The van der Waals surface area contributed by atoms with Crippen LogP contribution >= 0.6 is 0 Å². The SMILES string of the molecule is C1=Cc2c(ncn2-c2ccc3c(c2)nc2n3CC3CC2CN3C2CCC2)CC1.c1cn2cc(-c3ccc4c(c3)nc3n4CC4CC3CN4C3CCC3)ccc2n1. The molecule has 4 bridgehead atoms. The molecule has 2 saturated carbocycles. The molecule has 0 N–H and O–H groups in total. The highest BCUT2D eigenvalue weighted by Gasteiger charge is 2.45. The van der Waals surface area contributed by atoms with E-state index < -0.39 is 0 Å². The third-order valence-corrected chi connectivity index (χ3v) is 14.8. The van der Waals surface area contributed by atoms with Gasteiger partial charge in [0.25, 0.3) is 0 Å². The Balaban J connectivity index is 0.000000118. The minimum Gasteiger partial charge on any atom is -0.326 e. The van der Waals surface area contributed by atoms with Gasteiger partial charge in [0.05, 0.1) is 39.8 Å². The molecule has 4 aliphatic heterocycles. The first-order chi connectivity index (χ1) is 27.7. The lowest BCUT2D eigenvalue weighted by Crippen LogP contribution is -2.44. The molecule has 4 atom stereocenters. The number of fused-ring (bicyclic) bond motifs is 14. The molecule has 10 nitrogen and oxygen atoms in total. The number of hydrogen-bond acceptors (Lipinski definition) is 6. The number of rotatable bonds is 4. The second kappa shape index (κ2) is 12.2. The molecule has 14 rings (SSSR count). The second-order valence-corrected chi connectivity index (χ2v) is 17.8. The maximum Gasteiger partial charge on any atom is 0.136 e. The number of benzene rings is 2. The molecule has 7 aromatic rings. The molecule has 0 amide bonds. The van der Waals surface area contributed by atoms with Crippen LogP contribution in [0, 0.1) is 0 Å². The Morgan fingerprint density at radius 3 is 2.02 bits per heavy atom. The van der Waals surface area contributed by atoms with E-state index in [0.29, 0.717) is 23.9 Å². The fourth-order valence-electron chi connectivity index (χ4n) is 11.5. The van der Waals surface area contributed by atoms with E-state index in [1.54, 1.807) is 0 Å². The predicted octanol–water partition coefficient (Wildman–Crippen LogP) is 7.98. The van der Waals surface area contributed by atoms with E-state index in [1.807, 2.05) is 18.7 Å². The van der Waals surface area contributed by atoms with Gasteiger partial charge in [-0.1, -0.05) is 25.0 Å². The fraction of sp³-hybridized carbons (Fsp3) is 0.435. The molecule has 7 aliphatic rings. The normalized spacial score (nSPS) is 25.6. The summed E-state index contributed by atoms with van der Waals surface area (Å²) in [6, 6.07) is 20.9. The largest absolute Gasteiger partial charge is 0.326 e. The van der Waals surface area contributed by atoms with Gasteiger partial charge in [0.1, 0.15) is 17.3 Å². The van der Waals surface area contributed by atoms with Crippen LogP contribution < -0.4 is 0 Å². The average Bonchev–Trinajstić information content (AvgIpc) is 4.04. The summed E-state index contributed by atoms with van der Waals surface area (Å²) in [5.74, 6) is 3.85. The van der Waals surface area contributed by atoms with Crippen molar-refractivity contribution in [3.05, 3.63) is 103 Å². The summed E-state index contributed by atoms with van der Waals surface area (Å²) in [4.78, 5) is 24.8. The topological polar surface area (TPSA) is 77.2 Å². The first kappa shape index (κ1) is 32.1. The molecular weight excluding hydrogens is 693 g/mol. The molecular formula is C46H48N10. The Bertz CT molecular complexity index is 2700. The van der Waals surface area contributed by atoms with Crippen molar-refractivity contribution in [2.45, 2.75) is 113 Å². The number of pyridine rings is 1. The van der Waals surface area contributed by atoms with E-state index >= 15 is 0 Å². The molecule has 282 valence electrons. The minimum absolute atomic E-state index is 0.609. The summed E-state index contributed by atoms with van der Waals surface area (Å²) in [7, 11) is 0. The van der Waals surface area contributed by atoms with Gasteiger partial charge in [-0.15, -0.1) is 0 Å². The van der Waals surface area contributed by atoms with Crippen LogP contribution in [0.1, 0.15) is 92.7 Å². The average molecular weight is 741 g/mol. The second-order valence-electron chi connectivity index (χ2n) is 17.8. The maximum absolute atomic E-state index is 5.14. The number of nitrogens with zero attached hydrogens (tertiary/aromatic N) is 10. The number of aryl methyl sites for hydroxylation is 1. The van der Waals surface area contributed by atoms with Crippen LogP contribution in [0.15, 0.2) is 79.5 Å². The summed E-state index contributed by atoms with van der Waals surface area (Å²) in [5.41, 5.74) is 11.9. The van der Waals surface area contributed by atoms with Crippen molar-refractivity contribution in [2.75, 3.05) is 13.1 Å². The molecule has 4 unspecified atom stereocenters. The Morgan fingerprint density at radius 1 is 0.643 bits per heavy atom. The van der Waals surface area contributed by atoms with E-state index in [0.717, 1.165) is 54.7 Å². The van der Waals surface area contributed by atoms with E-state index in [4.69, 9.17) is 9.97 Å². The molecule has 2 saturated heterocycles. The monoisotopic (exact) mass is 740 g/mol. The highest BCUT2D eigenvalue weighted by atomic mass is 15.3. The molecule has 3 aliphatic carbocycles. The van der Waals surface area contributed by atoms with Gasteiger partial charge in [0.15, 0.2) is 0 Å². The standard InChI is InChI=1S/C23H25N5.C23H23N5/c1-2-7-21-19(6-1)24-14-28(21)17-8-9-22-20(11-17)25-23-15-10-18(13-27(22)23)26(12-15)16-4-3-5-16;1-2-18(3-1)27-13-17-10-19(27)14-28-21-6-4-15(11-20(21)25-23(17)28)16-5-7-22-24-8-9-26(22)12-16/h2,7-9,11,14-16,18H,1,3-6,10,12-13H2;4-9,11-12,17-19H,1-3,10,13-14H2. The highest BCUT2D eigenvalue weighted by molar-refractivity contribution is 5.83. The molecule has 5 aromatic heterocycles. The zero-order valence-corrected chi connectivity index (χ0v) is 31.9. The van der Waals surface area contributed by atoms with Gasteiger partial charge in [-0.05, 0) is 111 Å². The zero-order chi connectivity index (χ0) is 36.5. The Morgan fingerprint density at radius 2 is 1.32 bits per heavy atom. The van der Waals surface area contributed by atoms with Crippen molar-refractivity contribution in [1.29, 1.82) is 0 Å². The number of imidazole rings is 4. The van der Waals surface area contributed by atoms with Crippen LogP contribution in [-0.2, 0) is 19.5 Å². The van der Waals surface area contributed by atoms with Crippen molar-refractivity contribution >= 4 is 33.8 Å². The van der Waals surface area contributed by atoms with E-state index in [1.165, 1.54) is 115 Å². The molecule has 9 heterocycles. The lowest BCUT2D eigenvalue weighted by atomic mass is 9.91. The van der Waals surface area contributed by atoms with Crippen molar-refractivity contribution in [3.8, 4) is 16.8 Å². The van der Waals surface area contributed by atoms with Gasteiger partial charge in [-0.25, -0.2) is 19.9 Å². The highest BCUT2D eigenvalue weighted by Crippen LogP contribution is 2.44. The maximum atomic E-state index is 5.14. The Labute approximate surface area is 326 Å². The van der Waals surface area contributed by atoms with Crippen LogP contribution in [0.2, 0.25) is 0 Å². The third-order valence-electron chi connectivity index (χ3n) is 14.8. The van der Waals surface area contributed by atoms with Crippen molar-refractivity contribution in [1.82, 2.24) is 47.8 Å². The molecule has 10 heteroatoms. The number of aromatic nitrogens is 8. The number of allylic oxidation sites excluding steroid dienone is 1. The first-order valence-electron chi connectivity index (χ1n) is 21.4. The van der Waals surface area contributed by atoms with Crippen LogP contribution in [-0.4, -0.2) is 85.1 Å². The quantitative estimate of drug-likeness (QED) is 0.182. The molecule has 56 heavy (non-hydrogen) atoms. The van der Waals surface area contributed by atoms with E-state index in [9.17, 15) is 0 Å². The Hall–Kier alpha value is -5.06. The summed E-state index contributed by atoms with van der Waals surface area (Å²) >= 11 is 0. The van der Waals surface area contributed by atoms with Gasteiger partial charge in [-0.3, -0.25) is 14.4 Å². The van der Waals surface area contributed by atoms with Gasteiger partial charge in [0.2, 0.25) is 0 Å². The van der Waals surface area contributed by atoms with Crippen LogP contribution in [0.4, 0.5) is 0 Å². The van der Waals surface area contributed by atoms with Crippen molar-refractivity contribution in [2.24, 2.45) is 0 Å². The molecule has 0 spiro atoms.